The van der Waals surface area contributed by atoms with Crippen molar-refractivity contribution in [2.75, 3.05) is 20.8 Å². The fourth-order valence-electron chi connectivity index (χ4n) is 2.79. The van der Waals surface area contributed by atoms with Crippen molar-refractivity contribution in [3.63, 3.8) is 0 Å². The number of esters is 1. The molecule has 2 rings (SSSR count). The number of fused-ring (bicyclic) bond motifs is 1. The van der Waals surface area contributed by atoms with Crippen LogP contribution in [-0.4, -0.2) is 37.1 Å². The predicted octanol–water partition coefficient (Wildman–Crippen LogP) is 2.56. The molecule has 0 spiro atoms. The molecule has 140 valence electrons. The quantitative estimate of drug-likeness (QED) is 0.531. The van der Waals surface area contributed by atoms with Gasteiger partial charge < -0.3 is 18.8 Å². The van der Waals surface area contributed by atoms with E-state index >= 15 is 0 Å². The lowest BCUT2D eigenvalue weighted by Gasteiger charge is -2.14. The second-order valence-electron chi connectivity index (χ2n) is 5.76. The Hall–Kier alpha value is -2.83. The summed E-state index contributed by atoms with van der Waals surface area (Å²) in [6.07, 6.45) is 2.18. The van der Waals surface area contributed by atoms with Gasteiger partial charge in [-0.3, -0.25) is 14.4 Å². The minimum absolute atomic E-state index is 0.165. The smallest absolute Gasteiger partial charge is 0.305 e. The number of hydrogen-bond acceptors (Lipinski definition) is 6. The van der Waals surface area contributed by atoms with Crippen molar-refractivity contribution < 1.29 is 23.8 Å². The number of benzene rings is 1. The molecule has 0 radical (unpaired) electrons. The molecular weight excluding hydrogens is 338 g/mol. The van der Waals surface area contributed by atoms with Crippen LogP contribution in [0.5, 0.6) is 11.5 Å². The zero-order chi connectivity index (χ0) is 19.3. The van der Waals surface area contributed by atoms with E-state index in [2.05, 4.69) is 0 Å². The summed E-state index contributed by atoms with van der Waals surface area (Å²) in [4.78, 5) is 36.4. The van der Waals surface area contributed by atoms with Gasteiger partial charge in [0.05, 0.1) is 26.2 Å². The van der Waals surface area contributed by atoms with Gasteiger partial charge >= 0.3 is 5.97 Å². The number of methoxy groups -OCH3 is 2. The molecule has 1 heterocycles. The third kappa shape index (κ3) is 4.04. The average Bonchev–Trinajstić information content (AvgIpc) is 2.62. The highest BCUT2D eigenvalue weighted by molar-refractivity contribution is 6.07. The molecule has 0 saturated heterocycles. The Balaban J connectivity index is 2.49. The van der Waals surface area contributed by atoms with Crippen molar-refractivity contribution in [3.8, 4) is 11.5 Å². The van der Waals surface area contributed by atoms with Crippen LogP contribution in [0.3, 0.4) is 0 Å². The molecular formula is C19H23NO6. The Morgan fingerprint density at radius 2 is 1.69 bits per heavy atom. The van der Waals surface area contributed by atoms with E-state index < -0.39 is 0 Å². The summed E-state index contributed by atoms with van der Waals surface area (Å²) in [5, 5.41) is 0.883. The van der Waals surface area contributed by atoms with Crippen molar-refractivity contribution >= 4 is 22.5 Å². The molecule has 7 nitrogen and oxygen atoms in total. The van der Waals surface area contributed by atoms with Gasteiger partial charge in [0.1, 0.15) is 0 Å². The highest BCUT2D eigenvalue weighted by Gasteiger charge is 2.16. The lowest BCUT2D eigenvalue weighted by atomic mass is 10.0. The Kier molecular flexibility index (Phi) is 6.38. The van der Waals surface area contributed by atoms with Crippen LogP contribution in [-0.2, 0) is 16.1 Å². The van der Waals surface area contributed by atoms with Crippen molar-refractivity contribution in [2.45, 2.75) is 33.2 Å². The summed E-state index contributed by atoms with van der Waals surface area (Å²) < 4.78 is 16.9. The van der Waals surface area contributed by atoms with Gasteiger partial charge in [-0.2, -0.15) is 0 Å². The van der Waals surface area contributed by atoms with E-state index in [1.54, 1.807) is 19.1 Å². The number of aryl methyl sites for hydroxylation is 1. The molecule has 0 aliphatic carbocycles. The van der Waals surface area contributed by atoms with Gasteiger partial charge in [0, 0.05) is 30.1 Å². The first-order chi connectivity index (χ1) is 12.4. The SMILES string of the molecule is CCOC(=O)CCCn1cc(C(C)=O)c2cc(OC)c(OC)cc2c1=O. The molecule has 0 unspecified atom stereocenters. The topological polar surface area (TPSA) is 83.8 Å². The van der Waals surface area contributed by atoms with Crippen molar-refractivity contribution in [1.82, 2.24) is 4.57 Å². The van der Waals surface area contributed by atoms with Gasteiger partial charge in [-0.15, -0.1) is 0 Å². The van der Waals surface area contributed by atoms with Crippen molar-refractivity contribution in [1.29, 1.82) is 0 Å². The maximum atomic E-state index is 12.8. The Morgan fingerprint density at radius 1 is 1.08 bits per heavy atom. The number of ether oxygens (including phenoxy) is 3. The maximum Gasteiger partial charge on any atom is 0.305 e. The molecule has 1 aromatic heterocycles. The zero-order valence-corrected chi connectivity index (χ0v) is 15.5. The van der Waals surface area contributed by atoms with Crippen LogP contribution in [0, 0.1) is 0 Å². The Bertz CT molecular complexity index is 884. The number of pyridine rings is 1. The number of aromatic nitrogens is 1. The first-order valence-electron chi connectivity index (χ1n) is 8.38. The van der Waals surface area contributed by atoms with Gasteiger partial charge in [0.25, 0.3) is 5.56 Å². The van der Waals surface area contributed by atoms with Gasteiger partial charge in [-0.1, -0.05) is 0 Å². The minimum atomic E-state index is -0.306. The monoisotopic (exact) mass is 361 g/mol. The summed E-state index contributed by atoms with van der Waals surface area (Å²) in [7, 11) is 2.98. The summed E-state index contributed by atoms with van der Waals surface area (Å²) in [6.45, 7) is 3.82. The first-order valence-corrected chi connectivity index (χ1v) is 8.38. The van der Waals surface area contributed by atoms with E-state index in [0.717, 1.165) is 0 Å². The molecule has 0 atom stereocenters. The second kappa shape index (κ2) is 8.51. The largest absolute Gasteiger partial charge is 0.493 e. The molecule has 0 bridgehead atoms. The minimum Gasteiger partial charge on any atom is -0.493 e. The fraction of sp³-hybridized carbons (Fsp3) is 0.421. The second-order valence-corrected chi connectivity index (χ2v) is 5.76. The molecule has 7 heteroatoms. The first kappa shape index (κ1) is 19.5. The van der Waals surface area contributed by atoms with Gasteiger partial charge in [0.15, 0.2) is 17.3 Å². The van der Waals surface area contributed by atoms with E-state index in [1.807, 2.05) is 0 Å². The van der Waals surface area contributed by atoms with Crippen molar-refractivity contribution in [3.05, 3.63) is 34.2 Å². The van der Waals surface area contributed by atoms with Crippen LogP contribution in [0.25, 0.3) is 10.8 Å². The molecule has 1 aromatic carbocycles. The summed E-state index contributed by atoms with van der Waals surface area (Å²) >= 11 is 0. The van der Waals surface area contributed by atoms with Crippen LogP contribution in [0.1, 0.15) is 37.0 Å². The van der Waals surface area contributed by atoms with Crippen LogP contribution >= 0.6 is 0 Å². The molecule has 0 aliphatic heterocycles. The van der Waals surface area contributed by atoms with E-state index in [1.165, 1.54) is 31.9 Å². The molecule has 2 aromatic rings. The Morgan fingerprint density at radius 3 is 2.23 bits per heavy atom. The van der Waals surface area contributed by atoms with E-state index in [0.29, 0.717) is 47.4 Å². The molecule has 0 aliphatic rings. The highest BCUT2D eigenvalue weighted by Crippen LogP contribution is 2.32. The van der Waals surface area contributed by atoms with Crippen LogP contribution < -0.4 is 15.0 Å². The summed E-state index contributed by atoms with van der Waals surface area (Å²) in [6, 6.07) is 3.21. The van der Waals surface area contributed by atoms with Gasteiger partial charge in [0.2, 0.25) is 0 Å². The number of nitrogens with zero attached hydrogens (tertiary/aromatic N) is 1. The standard InChI is InChI=1S/C19H23NO6/c1-5-26-18(22)7-6-8-20-11-15(12(2)21)13-9-16(24-3)17(25-4)10-14(13)19(20)23/h9-11H,5-8H2,1-4H3. The fourth-order valence-corrected chi connectivity index (χ4v) is 2.79. The third-order valence-electron chi connectivity index (χ3n) is 4.05. The number of rotatable bonds is 8. The van der Waals surface area contributed by atoms with Gasteiger partial charge in [-0.05, 0) is 32.4 Å². The molecule has 0 saturated carbocycles. The van der Waals surface area contributed by atoms with E-state index in [-0.39, 0.29) is 23.7 Å². The van der Waals surface area contributed by atoms with Crippen LogP contribution in [0.15, 0.2) is 23.1 Å². The third-order valence-corrected chi connectivity index (χ3v) is 4.05. The average molecular weight is 361 g/mol. The van der Waals surface area contributed by atoms with E-state index in [9.17, 15) is 14.4 Å². The van der Waals surface area contributed by atoms with Gasteiger partial charge in [-0.25, -0.2) is 0 Å². The molecule has 0 N–H and O–H groups in total. The zero-order valence-electron chi connectivity index (χ0n) is 15.5. The molecule has 0 amide bonds. The normalized spacial score (nSPS) is 10.6. The number of carbonyl (C=O) groups is 2. The molecule has 0 fully saturated rings. The lowest BCUT2D eigenvalue weighted by Crippen LogP contribution is -2.22. The number of carbonyl (C=O) groups excluding carboxylic acids is 2. The number of ketones is 1. The van der Waals surface area contributed by atoms with Crippen LogP contribution in [0.2, 0.25) is 0 Å². The summed E-state index contributed by atoms with van der Waals surface area (Å²) in [5.41, 5.74) is 0.159. The Labute approximate surface area is 151 Å². The lowest BCUT2D eigenvalue weighted by molar-refractivity contribution is -0.143. The maximum absolute atomic E-state index is 12.8. The summed E-state index contributed by atoms with van der Waals surface area (Å²) in [5.74, 6) is 0.388. The molecule has 26 heavy (non-hydrogen) atoms. The van der Waals surface area contributed by atoms with Crippen LogP contribution in [0.4, 0.5) is 0 Å². The predicted molar refractivity (Wildman–Crippen MR) is 97.2 cm³/mol. The highest BCUT2D eigenvalue weighted by atomic mass is 16.5. The van der Waals surface area contributed by atoms with E-state index in [4.69, 9.17) is 14.2 Å². The number of Topliss-reactive ketones (excluding diaryl/α,β-unsaturated/α-hetero) is 1. The van der Waals surface area contributed by atoms with Crippen molar-refractivity contribution in [2.24, 2.45) is 0 Å². The number of hydrogen-bond donors (Lipinski definition) is 0.